The Balaban J connectivity index is 3.34. The van der Waals surface area contributed by atoms with Gasteiger partial charge in [0.2, 0.25) is 0 Å². The van der Waals surface area contributed by atoms with Crippen LogP contribution in [0.15, 0.2) is 10.7 Å². The van der Waals surface area contributed by atoms with Gasteiger partial charge in [0, 0.05) is 3.57 Å². The Labute approximate surface area is 103 Å². The number of pyridine rings is 1. The highest BCUT2D eigenvalue weighted by molar-refractivity contribution is 14.1. The van der Waals surface area contributed by atoms with Crippen LogP contribution in [0.5, 0.6) is 0 Å². The van der Waals surface area contributed by atoms with Gasteiger partial charge in [-0.15, -0.1) is 0 Å². The maximum Gasteiger partial charge on any atom is 0.420 e. The van der Waals surface area contributed by atoms with Crippen LogP contribution < -0.4 is 0 Å². The summed E-state index contributed by atoms with van der Waals surface area (Å²) in [6.07, 6.45) is -7.50. The maximum absolute atomic E-state index is 12.4. The van der Waals surface area contributed by atoms with Crippen molar-refractivity contribution in [1.29, 1.82) is 0 Å². The first kappa shape index (κ1) is 13.1. The second-order valence-corrected chi connectivity index (χ2v) is 4.41. The largest absolute Gasteiger partial charge is 0.420 e. The molecule has 0 amide bonds. The van der Waals surface area contributed by atoms with E-state index in [9.17, 15) is 22.0 Å². The van der Waals surface area contributed by atoms with Crippen LogP contribution in [0, 0.1) is 3.57 Å². The highest BCUT2D eigenvalue weighted by atomic mass is 127. The number of nitrogens with zero attached hydrogens (tertiary/aromatic N) is 1. The number of aromatic nitrogens is 1. The molecule has 0 aliphatic rings. The third-order valence-corrected chi connectivity index (χ3v) is 2.88. The van der Waals surface area contributed by atoms with Crippen molar-refractivity contribution in [2.24, 2.45) is 0 Å². The smallest absolute Gasteiger partial charge is 0.239 e. The Hall–Kier alpha value is 0.01000. The fourth-order valence-corrected chi connectivity index (χ4v) is 2.76. The molecule has 0 saturated carbocycles. The molecule has 0 atom stereocenters. The van der Waals surface area contributed by atoms with Crippen LogP contribution in [0.1, 0.15) is 17.7 Å². The van der Waals surface area contributed by atoms with Crippen molar-refractivity contribution >= 4 is 38.5 Å². The molecule has 0 spiro atoms. The molecule has 0 bridgehead atoms. The summed E-state index contributed by atoms with van der Waals surface area (Å²) in [6, 6.07) is 0.721. The Morgan fingerprint density at radius 3 is 2.20 bits per heavy atom. The van der Waals surface area contributed by atoms with Crippen LogP contribution in [-0.2, 0) is 6.18 Å². The first-order valence-electron chi connectivity index (χ1n) is 3.44. The van der Waals surface area contributed by atoms with Gasteiger partial charge < -0.3 is 0 Å². The van der Waals surface area contributed by atoms with Crippen molar-refractivity contribution in [1.82, 2.24) is 4.98 Å². The summed E-state index contributed by atoms with van der Waals surface area (Å²) in [5, 5.41) is 0. The molecule has 1 heterocycles. The van der Waals surface area contributed by atoms with E-state index in [4.69, 9.17) is 0 Å². The second kappa shape index (κ2) is 4.48. The molecule has 0 radical (unpaired) electrons. The average Bonchev–Trinajstić information content (AvgIpc) is 1.99. The van der Waals surface area contributed by atoms with Gasteiger partial charge in [-0.05, 0) is 44.6 Å². The summed E-state index contributed by atoms with van der Waals surface area (Å²) >= 11 is 3.88. The van der Waals surface area contributed by atoms with Crippen LogP contribution in [0.3, 0.4) is 0 Å². The molecule has 0 aliphatic heterocycles. The van der Waals surface area contributed by atoms with Gasteiger partial charge in [0.15, 0.2) is 0 Å². The van der Waals surface area contributed by atoms with E-state index < -0.39 is 28.5 Å². The predicted octanol–water partition coefficient (Wildman–Crippen LogP) is 4.41. The maximum atomic E-state index is 12.4. The van der Waals surface area contributed by atoms with E-state index in [-0.39, 0.29) is 3.57 Å². The number of hydrogen-bond donors (Lipinski definition) is 0. The Morgan fingerprint density at radius 1 is 1.33 bits per heavy atom. The van der Waals surface area contributed by atoms with Gasteiger partial charge in [0.1, 0.15) is 15.9 Å². The molecule has 0 fully saturated rings. The standard InChI is InChI=1S/C7H2BrF5IN/c8-5-4(7(11,12)13)2(14)1-3(15-5)6(9)10/h1,6H. The summed E-state index contributed by atoms with van der Waals surface area (Å²) in [7, 11) is 0. The lowest BCUT2D eigenvalue weighted by molar-refractivity contribution is -0.139. The minimum atomic E-state index is -4.61. The van der Waals surface area contributed by atoms with Crippen molar-refractivity contribution in [3.63, 3.8) is 0 Å². The molecule has 1 aromatic rings. The van der Waals surface area contributed by atoms with Gasteiger partial charge in [0.05, 0.1) is 0 Å². The highest BCUT2D eigenvalue weighted by Crippen LogP contribution is 2.38. The molecule has 1 nitrogen and oxygen atoms in total. The van der Waals surface area contributed by atoms with Crippen LogP contribution in [0.25, 0.3) is 0 Å². The summed E-state index contributed by atoms with van der Waals surface area (Å²) in [6.45, 7) is 0. The highest BCUT2D eigenvalue weighted by Gasteiger charge is 2.36. The first-order valence-corrected chi connectivity index (χ1v) is 5.32. The molecular formula is C7H2BrF5IN. The van der Waals surface area contributed by atoms with E-state index in [0.717, 1.165) is 6.07 Å². The zero-order valence-corrected chi connectivity index (χ0v) is 10.5. The second-order valence-electron chi connectivity index (χ2n) is 2.49. The Morgan fingerprint density at radius 2 is 1.87 bits per heavy atom. The zero-order valence-electron chi connectivity index (χ0n) is 6.75. The van der Waals surface area contributed by atoms with Crippen LogP contribution in [0.4, 0.5) is 22.0 Å². The fraction of sp³-hybridized carbons (Fsp3) is 0.286. The molecule has 0 saturated heterocycles. The van der Waals surface area contributed by atoms with Crippen molar-refractivity contribution in [2.45, 2.75) is 12.6 Å². The first-order chi connectivity index (χ1) is 6.73. The third-order valence-electron chi connectivity index (χ3n) is 1.45. The summed E-state index contributed by atoms with van der Waals surface area (Å²) < 4.78 is 60.6. The SMILES string of the molecule is FC(F)c1cc(I)c(C(F)(F)F)c(Br)n1. The molecule has 0 unspecified atom stereocenters. The van der Waals surface area contributed by atoms with Gasteiger partial charge >= 0.3 is 6.18 Å². The monoisotopic (exact) mass is 401 g/mol. The molecule has 0 aliphatic carbocycles. The molecule has 1 rings (SSSR count). The van der Waals surface area contributed by atoms with Crippen molar-refractivity contribution in [2.75, 3.05) is 0 Å². The van der Waals surface area contributed by atoms with E-state index in [1.807, 2.05) is 0 Å². The minimum absolute atomic E-state index is 0.308. The predicted molar refractivity (Wildman–Crippen MR) is 54.6 cm³/mol. The fourth-order valence-electron chi connectivity index (χ4n) is 0.866. The van der Waals surface area contributed by atoms with Crippen molar-refractivity contribution in [3.05, 3.63) is 25.5 Å². The molecule has 8 heteroatoms. The van der Waals surface area contributed by atoms with E-state index in [1.54, 1.807) is 0 Å². The lowest BCUT2D eigenvalue weighted by Gasteiger charge is -2.12. The number of rotatable bonds is 1. The van der Waals surface area contributed by atoms with Gasteiger partial charge in [-0.2, -0.15) is 13.2 Å². The topological polar surface area (TPSA) is 12.9 Å². The Kier molecular flexibility index (Phi) is 3.90. The van der Waals surface area contributed by atoms with Crippen LogP contribution in [0.2, 0.25) is 0 Å². The van der Waals surface area contributed by atoms with Crippen molar-refractivity contribution < 1.29 is 22.0 Å². The Bertz CT molecular complexity index is 355. The van der Waals surface area contributed by atoms with Crippen molar-refractivity contribution in [3.8, 4) is 0 Å². The van der Waals surface area contributed by atoms with Gasteiger partial charge in [-0.25, -0.2) is 13.8 Å². The van der Waals surface area contributed by atoms with Crippen LogP contribution >= 0.6 is 38.5 Å². The molecule has 84 valence electrons. The average molecular weight is 402 g/mol. The molecule has 0 aromatic carbocycles. The third kappa shape index (κ3) is 2.99. The lowest BCUT2D eigenvalue weighted by Crippen LogP contribution is -2.11. The van der Waals surface area contributed by atoms with E-state index in [0.29, 0.717) is 0 Å². The molecule has 1 aromatic heterocycles. The minimum Gasteiger partial charge on any atom is -0.239 e. The van der Waals surface area contributed by atoms with E-state index in [2.05, 4.69) is 20.9 Å². The summed E-state index contributed by atoms with van der Waals surface area (Å²) in [5.74, 6) is 0. The molecular weight excluding hydrogens is 400 g/mol. The summed E-state index contributed by atoms with van der Waals surface area (Å²) in [5.41, 5.74) is -1.72. The molecule has 0 N–H and O–H groups in total. The normalized spacial score (nSPS) is 12.3. The quantitative estimate of drug-likeness (QED) is 0.386. The number of hydrogen-bond acceptors (Lipinski definition) is 1. The van der Waals surface area contributed by atoms with Gasteiger partial charge in [-0.3, -0.25) is 0 Å². The number of alkyl halides is 5. The van der Waals surface area contributed by atoms with E-state index >= 15 is 0 Å². The molecule has 15 heavy (non-hydrogen) atoms. The lowest BCUT2D eigenvalue weighted by atomic mass is 10.2. The zero-order chi connectivity index (χ0) is 11.8. The van der Waals surface area contributed by atoms with E-state index in [1.165, 1.54) is 22.6 Å². The van der Waals surface area contributed by atoms with Gasteiger partial charge in [-0.1, -0.05) is 0 Å². The van der Waals surface area contributed by atoms with Gasteiger partial charge in [0.25, 0.3) is 6.43 Å². The number of halogens is 7. The summed E-state index contributed by atoms with van der Waals surface area (Å²) in [4.78, 5) is 3.14. The van der Waals surface area contributed by atoms with Crippen LogP contribution in [-0.4, -0.2) is 4.98 Å².